The van der Waals surface area contributed by atoms with Gasteiger partial charge in [0.15, 0.2) is 5.43 Å². The second-order valence-electron chi connectivity index (χ2n) is 7.59. The largest absolute Gasteiger partial charge is 0.450 e. The van der Waals surface area contributed by atoms with Crippen LogP contribution in [0.3, 0.4) is 0 Å². The number of carbonyl (C=O) groups excluding carboxylic acids is 1. The van der Waals surface area contributed by atoms with Crippen LogP contribution in [0.2, 0.25) is 0 Å². The number of nitro groups is 1. The molecule has 166 valence electrons. The van der Waals surface area contributed by atoms with Gasteiger partial charge in [-0.15, -0.1) is 0 Å². The summed E-state index contributed by atoms with van der Waals surface area (Å²) >= 11 is 3.37. The van der Waals surface area contributed by atoms with Gasteiger partial charge in [-0.05, 0) is 36.9 Å². The second-order valence-corrected chi connectivity index (χ2v) is 8.51. The third-order valence-corrected chi connectivity index (χ3v) is 6.37. The fourth-order valence-corrected chi connectivity index (χ4v) is 4.53. The van der Waals surface area contributed by atoms with E-state index in [1.165, 1.54) is 12.1 Å². The molecule has 0 unspecified atom stereocenters. The van der Waals surface area contributed by atoms with Gasteiger partial charge in [-0.1, -0.05) is 41.9 Å². The maximum atomic E-state index is 13.5. The maximum Gasteiger partial charge on any atom is 0.290 e. The minimum absolute atomic E-state index is 0.000811. The van der Waals surface area contributed by atoms with Crippen LogP contribution in [0.15, 0.2) is 56.1 Å². The number of fused-ring (bicyclic) bond motifs is 2. The Labute approximate surface area is 192 Å². The van der Waals surface area contributed by atoms with Crippen LogP contribution in [0, 0.1) is 10.1 Å². The van der Waals surface area contributed by atoms with Crippen molar-refractivity contribution in [2.24, 2.45) is 0 Å². The zero-order chi connectivity index (χ0) is 23.0. The minimum Gasteiger partial charge on any atom is -0.450 e. The molecule has 2 heterocycles. The first-order valence-corrected chi connectivity index (χ1v) is 11.2. The number of amides is 1. The minimum atomic E-state index is -0.757. The molecule has 0 aliphatic carbocycles. The van der Waals surface area contributed by atoms with Gasteiger partial charge in [-0.25, -0.2) is 0 Å². The van der Waals surface area contributed by atoms with Crippen molar-refractivity contribution in [2.45, 2.75) is 19.9 Å². The van der Waals surface area contributed by atoms with Crippen molar-refractivity contribution < 1.29 is 14.1 Å². The molecule has 1 amide bonds. The third-order valence-electron chi connectivity index (χ3n) is 5.88. The molecule has 0 bridgehead atoms. The molecule has 0 saturated heterocycles. The zero-order valence-corrected chi connectivity index (χ0v) is 19.3. The van der Waals surface area contributed by atoms with Crippen LogP contribution in [-0.4, -0.2) is 46.8 Å². The molecular weight excluding hydrogens is 478 g/mol. The number of rotatable bonds is 7. The molecule has 0 spiro atoms. The average Bonchev–Trinajstić information content (AvgIpc) is 3.07. The summed E-state index contributed by atoms with van der Waals surface area (Å²) in [7, 11) is 0. The number of hydrogen-bond acceptors (Lipinski definition) is 6. The standard InChI is InChI=1S/C23H22BrN3O5/c1-3-25(4-2)10-11-26-20(14-6-5-7-16(12-14)27(30)31)19-21(28)17-13-15(24)8-9-18(17)32-22(19)23(26)29/h5-9,12-13,20H,3-4,10-11H2,1-2H3/t20-/m0/s1. The lowest BCUT2D eigenvalue weighted by Crippen LogP contribution is -2.37. The lowest BCUT2D eigenvalue weighted by molar-refractivity contribution is -0.384. The van der Waals surface area contributed by atoms with Gasteiger partial charge >= 0.3 is 0 Å². The van der Waals surface area contributed by atoms with Crippen LogP contribution in [0.5, 0.6) is 0 Å². The van der Waals surface area contributed by atoms with E-state index in [4.69, 9.17) is 4.42 Å². The molecule has 4 rings (SSSR count). The molecule has 1 aliphatic heterocycles. The van der Waals surface area contributed by atoms with Gasteiger partial charge < -0.3 is 14.2 Å². The summed E-state index contributed by atoms with van der Waals surface area (Å²) in [4.78, 5) is 41.5. The van der Waals surface area contributed by atoms with Crippen molar-refractivity contribution in [1.29, 1.82) is 0 Å². The number of benzene rings is 2. The summed E-state index contributed by atoms with van der Waals surface area (Å²) in [6, 6.07) is 10.4. The monoisotopic (exact) mass is 499 g/mol. The summed E-state index contributed by atoms with van der Waals surface area (Å²) in [6.45, 7) is 6.69. The Balaban J connectivity index is 1.90. The molecule has 1 aromatic heterocycles. The topological polar surface area (TPSA) is 96.9 Å². The van der Waals surface area contributed by atoms with E-state index in [0.717, 1.165) is 13.1 Å². The van der Waals surface area contributed by atoms with Crippen LogP contribution in [0.1, 0.15) is 41.6 Å². The van der Waals surface area contributed by atoms with Crippen molar-refractivity contribution in [2.75, 3.05) is 26.2 Å². The van der Waals surface area contributed by atoms with Crippen molar-refractivity contribution >= 4 is 38.5 Å². The summed E-state index contributed by atoms with van der Waals surface area (Å²) < 4.78 is 6.63. The van der Waals surface area contributed by atoms with Gasteiger partial charge in [0, 0.05) is 29.7 Å². The lowest BCUT2D eigenvalue weighted by Gasteiger charge is -2.28. The molecule has 0 fully saturated rings. The predicted octanol–water partition coefficient (Wildman–Crippen LogP) is 4.35. The summed E-state index contributed by atoms with van der Waals surface area (Å²) in [5.41, 5.74) is 0.652. The molecule has 0 saturated carbocycles. The first-order valence-electron chi connectivity index (χ1n) is 10.4. The lowest BCUT2D eigenvalue weighted by atomic mass is 9.98. The van der Waals surface area contributed by atoms with Gasteiger partial charge in [-0.2, -0.15) is 0 Å². The highest BCUT2D eigenvalue weighted by molar-refractivity contribution is 9.10. The van der Waals surface area contributed by atoms with E-state index >= 15 is 0 Å². The fraction of sp³-hybridized carbons (Fsp3) is 0.304. The van der Waals surface area contributed by atoms with Crippen LogP contribution in [-0.2, 0) is 0 Å². The molecule has 1 aliphatic rings. The van der Waals surface area contributed by atoms with E-state index < -0.39 is 11.0 Å². The van der Waals surface area contributed by atoms with E-state index in [1.54, 1.807) is 35.2 Å². The van der Waals surface area contributed by atoms with Crippen molar-refractivity contribution in [3.63, 3.8) is 0 Å². The van der Waals surface area contributed by atoms with E-state index in [2.05, 4.69) is 20.8 Å². The Morgan fingerprint density at radius 2 is 1.91 bits per heavy atom. The summed E-state index contributed by atoms with van der Waals surface area (Å²) in [5, 5.41) is 11.7. The number of hydrogen-bond donors (Lipinski definition) is 0. The van der Waals surface area contributed by atoms with Gasteiger partial charge in [0.1, 0.15) is 5.58 Å². The maximum absolute atomic E-state index is 13.5. The molecule has 2 aromatic carbocycles. The Morgan fingerprint density at radius 1 is 1.16 bits per heavy atom. The normalized spacial score (nSPS) is 15.6. The Morgan fingerprint density at radius 3 is 2.59 bits per heavy atom. The van der Waals surface area contributed by atoms with Gasteiger partial charge in [0.2, 0.25) is 5.76 Å². The quantitative estimate of drug-likeness (QED) is 0.354. The highest BCUT2D eigenvalue weighted by atomic mass is 79.9. The number of carbonyl (C=O) groups is 1. The number of likely N-dealkylation sites (N-methyl/N-ethyl adjacent to an activating group) is 1. The smallest absolute Gasteiger partial charge is 0.290 e. The molecular formula is C23H22BrN3O5. The fourth-order valence-electron chi connectivity index (χ4n) is 4.17. The third kappa shape index (κ3) is 3.82. The highest BCUT2D eigenvalue weighted by Gasteiger charge is 2.43. The Kier molecular flexibility index (Phi) is 6.12. The molecule has 9 heteroatoms. The molecule has 3 aromatic rings. The SMILES string of the molecule is CCN(CC)CCN1C(=O)c2oc3ccc(Br)cc3c(=O)c2[C@@H]1c1cccc([N+](=O)[O-])c1. The zero-order valence-electron chi connectivity index (χ0n) is 17.7. The molecule has 0 N–H and O–H groups in total. The highest BCUT2D eigenvalue weighted by Crippen LogP contribution is 2.39. The van der Waals surface area contributed by atoms with Crippen LogP contribution in [0.4, 0.5) is 5.69 Å². The molecule has 0 radical (unpaired) electrons. The van der Waals surface area contributed by atoms with Crippen LogP contribution >= 0.6 is 15.9 Å². The summed E-state index contributed by atoms with van der Waals surface area (Å²) in [5.74, 6) is -0.383. The number of non-ortho nitro benzene ring substituents is 1. The van der Waals surface area contributed by atoms with E-state index in [1.807, 2.05) is 13.8 Å². The van der Waals surface area contributed by atoms with E-state index in [-0.39, 0.29) is 28.3 Å². The van der Waals surface area contributed by atoms with Gasteiger partial charge in [0.05, 0.1) is 21.9 Å². The number of nitrogens with zero attached hydrogens (tertiary/aromatic N) is 3. The molecule has 32 heavy (non-hydrogen) atoms. The predicted molar refractivity (Wildman–Crippen MR) is 124 cm³/mol. The first kappa shape index (κ1) is 22.2. The van der Waals surface area contributed by atoms with Crippen molar-refractivity contribution in [3.05, 3.63) is 84.2 Å². The number of nitro benzene ring substituents is 1. The second kappa shape index (κ2) is 8.84. The average molecular weight is 500 g/mol. The number of halogens is 1. The molecule has 1 atom stereocenters. The van der Waals surface area contributed by atoms with Crippen LogP contribution in [0.25, 0.3) is 11.0 Å². The van der Waals surface area contributed by atoms with E-state index in [0.29, 0.717) is 34.1 Å². The van der Waals surface area contributed by atoms with Gasteiger partial charge in [0.25, 0.3) is 11.6 Å². The van der Waals surface area contributed by atoms with Gasteiger partial charge in [-0.3, -0.25) is 19.7 Å². The van der Waals surface area contributed by atoms with Crippen molar-refractivity contribution in [3.8, 4) is 0 Å². The van der Waals surface area contributed by atoms with E-state index in [9.17, 15) is 19.7 Å². The van der Waals surface area contributed by atoms with Crippen molar-refractivity contribution in [1.82, 2.24) is 9.80 Å². The molecule has 8 nitrogen and oxygen atoms in total. The summed E-state index contributed by atoms with van der Waals surface area (Å²) in [6.07, 6.45) is 0. The Bertz CT molecular complexity index is 1270. The Hall–Kier alpha value is -3.04. The van der Waals surface area contributed by atoms with Crippen LogP contribution < -0.4 is 5.43 Å². The first-order chi connectivity index (χ1) is 15.3.